The lowest BCUT2D eigenvalue weighted by molar-refractivity contribution is -0.384. The van der Waals surface area contributed by atoms with Crippen molar-refractivity contribution in [2.24, 2.45) is 10.2 Å². The Kier molecular flexibility index (Phi) is 5.84. The molecule has 0 unspecified atom stereocenters. The van der Waals surface area contributed by atoms with Crippen molar-refractivity contribution in [2.45, 2.75) is 9.79 Å². The molecule has 0 aliphatic heterocycles. The highest BCUT2D eigenvalue weighted by Crippen LogP contribution is 2.42. The Labute approximate surface area is 180 Å². The second kappa shape index (κ2) is 8.12. The number of hydrogen-bond acceptors (Lipinski definition) is 10. The van der Waals surface area contributed by atoms with E-state index < -0.39 is 46.4 Å². The van der Waals surface area contributed by atoms with Crippen LogP contribution in [0.15, 0.2) is 62.5 Å². The van der Waals surface area contributed by atoms with E-state index in [1.807, 2.05) is 0 Å². The minimum absolute atomic E-state index is 0.0550. The summed E-state index contributed by atoms with van der Waals surface area (Å²) in [5, 5.41) is 28.6. The van der Waals surface area contributed by atoms with Crippen LogP contribution in [0.5, 0.6) is 11.5 Å². The molecule has 0 spiro atoms. The number of rotatable bonds is 6. The Bertz CT molecular complexity index is 1500. The molecule has 0 amide bonds. The third-order valence-corrected chi connectivity index (χ3v) is 5.95. The number of nitro benzene ring substituents is 1. The van der Waals surface area contributed by atoms with E-state index in [1.165, 1.54) is 13.2 Å². The van der Waals surface area contributed by atoms with E-state index in [2.05, 4.69) is 10.2 Å². The Morgan fingerprint density at radius 1 is 0.969 bits per heavy atom. The van der Waals surface area contributed by atoms with E-state index in [1.54, 1.807) is 0 Å². The van der Waals surface area contributed by atoms with Crippen LogP contribution < -0.4 is 4.74 Å². The summed E-state index contributed by atoms with van der Waals surface area (Å²) in [5.74, 6) is -0.837. The second-order valence-electron chi connectivity index (χ2n) is 6.22. The monoisotopic (exact) mass is 483 g/mol. The van der Waals surface area contributed by atoms with Gasteiger partial charge in [0.05, 0.1) is 23.0 Å². The van der Waals surface area contributed by atoms with Gasteiger partial charge in [-0.15, -0.1) is 10.2 Å². The van der Waals surface area contributed by atoms with E-state index >= 15 is 0 Å². The minimum Gasteiger partial charge on any atom is -0.505 e. The van der Waals surface area contributed by atoms with Crippen molar-refractivity contribution < 1.29 is 40.7 Å². The first-order chi connectivity index (χ1) is 14.8. The number of methoxy groups -OCH3 is 1. The topological polar surface area (TPSA) is 206 Å². The quantitative estimate of drug-likeness (QED) is 0.201. The molecule has 3 rings (SSSR count). The van der Waals surface area contributed by atoms with Crippen LogP contribution in [0.1, 0.15) is 0 Å². The van der Waals surface area contributed by atoms with Gasteiger partial charge in [0.15, 0.2) is 11.5 Å². The van der Waals surface area contributed by atoms with E-state index in [-0.39, 0.29) is 27.9 Å². The third kappa shape index (κ3) is 4.50. The molecule has 0 saturated carbocycles. The van der Waals surface area contributed by atoms with Crippen molar-refractivity contribution >= 4 is 48.1 Å². The van der Waals surface area contributed by atoms with E-state index in [9.17, 15) is 36.6 Å². The number of hydrogen-bond donors (Lipinski definition) is 3. The fourth-order valence-corrected chi connectivity index (χ4v) is 3.92. The van der Waals surface area contributed by atoms with E-state index in [0.717, 1.165) is 36.4 Å². The van der Waals surface area contributed by atoms with Gasteiger partial charge in [-0.25, -0.2) is 0 Å². The summed E-state index contributed by atoms with van der Waals surface area (Å²) >= 11 is 0. The van der Waals surface area contributed by atoms with Crippen molar-refractivity contribution in [1.29, 1.82) is 0 Å². The van der Waals surface area contributed by atoms with Gasteiger partial charge in [-0.3, -0.25) is 19.2 Å². The van der Waals surface area contributed by atoms with E-state index in [4.69, 9.17) is 9.29 Å². The minimum atomic E-state index is -4.98. The van der Waals surface area contributed by atoms with Gasteiger partial charge in [0.1, 0.15) is 16.3 Å². The number of benzene rings is 3. The zero-order valence-electron chi connectivity index (χ0n) is 15.9. The number of azo groups is 1. The standard InChI is InChI=1S/C17H13N3O10S2/c1-30-14-8-10(20(22)23)2-5-13(14)18-19-16-15(32(27,28)29)7-9-6-11(31(24,25)26)3-4-12(9)17(16)21/h2-8,21H,1H3,(H,24,25,26)(H,27,28,29). The first-order valence-corrected chi connectivity index (χ1v) is 11.2. The lowest BCUT2D eigenvalue weighted by atomic mass is 10.1. The molecule has 0 atom stereocenters. The predicted molar refractivity (Wildman–Crippen MR) is 109 cm³/mol. The van der Waals surface area contributed by atoms with Crippen molar-refractivity contribution in [3.8, 4) is 11.5 Å². The molecule has 3 aromatic rings. The molecule has 0 saturated heterocycles. The van der Waals surface area contributed by atoms with Gasteiger partial charge in [0.2, 0.25) is 0 Å². The summed E-state index contributed by atoms with van der Waals surface area (Å²) < 4.78 is 70.1. The summed E-state index contributed by atoms with van der Waals surface area (Å²) in [6.07, 6.45) is 0. The number of aromatic hydroxyl groups is 1. The summed E-state index contributed by atoms with van der Waals surface area (Å²) in [5.41, 5.74) is -1.04. The largest absolute Gasteiger partial charge is 0.505 e. The zero-order valence-corrected chi connectivity index (χ0v) is 17.5. The first kappa shape index (κ1) is 23.0. The van der Waals surface area contributed by atoms with Gasteiger partial charge in [-0.2, -0.15) is 16.8 Å². The van der Waals surface area contributed by atoms with Crippen LogP contribution in [-0.4, -0.2) is 43.1 Å². The number of phenolic OH excluding ortho intramolecular Hbond substituents is 1. The second-order valence-corrected chi connectivity index (χ2v) is 9.03. The van der Waals surface area contributed by atoms with Crippen molar-refractivity contribution in [3.05, 3.63) is 52.6 Å². The zero-order chi connectivity index (χ0) is 23.8. The molecule has 0 fully saturated rings. The Morgan fingerprint density at radius 2 is 1.66 bits per heavy atom. The third-order valence-electron chi connectivity index (χ3n) is 4.23. The van der Waals surface area contributed by atoms with Gasteiger partial charge in [-0.05, 0) is 35.7 Å². The predicted octanol–water partition coefficient (Wildman–Crippen LogP) is 3.37. The molecule has 0 aromatic heterocycles. The Hall–Kier alpha value is -3.66. The van der Waals surface area contributed by atoms with Gasteiger partial charge in [0.25, 0.3) is 25.9 Å². The van der Waals surface area contributed by atoms with Crippen LogP contribution in [0.3, 0.4) is 0 Å². The molecule has 0 bridgehead atoms. The smallest absolute Gasteiger partial charge is 0.296 e. The lowest BCUT2D eigenvalue weighted by Gasteiger charge is -2.10. The highest BCUT2D eigenvalue weighted by molar-refractivity contribution is 7.86. The van der Waals surface area contributed by atoms with Gasteiger partial charge in [-0.1, -0.05) is 0 Å². The van der Waals surface area contributed by atoms with Gasteiger partial charge in [0, 0.05) is 11.5 Å². The Balaban J connectivity index is 2.24. The molecule has 3 N–H and O–H groups in total. The highest BCUT2D eigenvalue weighted by atomic mass is 32.2. The molecule has 15 heteroatoms. The highest BCUT2D eigenvalue weighted by Gasteiger charge is 2.23. The van der Waals surface area contributed by atoms with Gasteiger partial charge >= 0.3 is 0 Å². The number of nitro groups is 1. The fourth-order valence-electron chi connectivity index (χ4n) is 2.75. The van der Waals surface area contributed by atoms with Crippen LogP contribution in [0.25, 0.3) is 10.8 Å². The van der Waals surface area contributed by atoms with Crippen LogP contribution in [-0.2, 0) is 20.2 Å². The number of non-ortho nitro benzene ring substituents is 1. The average molecular weight is 483 g/mol. The van der Waals surface area contributed by atoms with Crippen LogP contribution >= 0.6 is 0 Å². The average Bonchev–Trinajstić information content (AvgIpc) is 2.71. The number of fused-ring (bicyclic) bond motifs is 1. The Morgan fingerprint density at radius 3 is 2.22 bits per heavy atom. The molecule has 13 nitrogen and oxygen atoms in total. The molecule has 0 aliphatic carbocycles. The fraction of sp³-hybridized carbons (Fsp3) is 0.0588. The summed E-state index contributed by atoms with van der Waals surface area (Å²) in [7, 11) is -8.40. The maximum Gasteiger partial charge on any atom is 0.296 e. The maximum atomic E-state index is 11.9. The summed E-state index contributed by atoms with van der Waals surface area (Å²) in [4.78, 5) is 8.74. The van der Waals surface area contributed by atoms with Crippen LogP contribution in [0.2, 0.25) is 0 Å². The van der Waals surface area contributed by atoms with E-state index in [0.29, 0.717) is 0 Å². The molecule has 0 radical (unpaired) electrons. The lowest BCUT2D eigenvalue weighted by Crippen LogP contribution is -2.00. The first-order valence-electron chi connectivity index (χ1n) is 8.32. The molecular formula is C17H13N3O10S2. The molecule has 0 aliphatic rings. The normalized spacial score (nSPS) is 12.3. The van der Waals surface area contributed by atoms with Crippen molar-refractivity contribution in [3.63, 3.8) is 0 Å². The number of nitrogens with zero attached hydrogens (tertiary/aromatic N) is 3. The van der Waals surface area contributed by atoms with Gasteiger partial charge < -0.3 is 9.84 Å². The summed E-state index contributed by atoms with van der Waals surface area (Å²) in [6.45, 7) is 0. The van der Waals surface area contributed by atoms with Crippen molar-refractivity contribution in [2.75, 3.05) is 7.11 Å². The van der Waals surface area contributed by atoms with Crippen LogP contribution in [0, 0.1) is 10.1 Å². The molecular weight excluding hydrogens is 470 g/mol. The molecule has 32 heavy (non-hydrogen) atoms. The molecule has 3 aromatic carbocycles. The molecule has 168 valence electrons. The summed E-state index contributed by atoms with van der Waals surface area (Å²) in [6, 6.07) is 7.09. The SMILES string of the molecule is COc1cc([N+](=O)[O-])ccc1N=Nc1c(S(=O)(=O)O)cc2cc(S(=O)(=O)O)ccc2c1O. The van der Waals surface area contributed by atoms with Crippen molar-refractivity contribution in [1.82, 2.24) is 0 Å². The molecule has 0 heterocycles. The number of phenols is 1. The maximum absolute atomic E-state index is 11.9. The van der Waals surface area contributed by atoms with Crippen LogP contribution in [0.4, 0.5) is 17.1 Å². The number of ether oxygens (including phenoxy) is 1.